The minimum atomic E-state index is -0.0167. The largest absolute Gasteiger partial charge is 0.378 e. The Kier molecular flexibility index (Phi) is 6.47. The third-order valence-corrected chi connectivity index (χ3v) is 7.60. The number of amides is 1. The van der Waals surface area contributed by atoms with Crippen LogP contribution in [0, 0.1) is 0 Å². The Labute approximate surface area is 207 Å². The summed E-state index contributed by atoms with van der Waals surface area (Å²) in [5, 5.41) is 11.4. The van der Waals surface area contributed by atoms with E-state index in [1.54, 1.807) is 22.7 Å². The van der Waals surface area contributed by atoms with E-state index >= 15 is 0 Å². The second kappa shape index (κ2) is 9.83. The second-order valence-corrected chi connectivity index (χ2v) is 10.1. The summed E-state index contributed by atoms with van der Waals surface area (Å²) in [6.45, 7) is 0.517. The second-order valence-electron chi connectivity index (χ2n) is 8.47. The molecule has 34 heavy (non-hydrogen) atoms. The maximum absolute atomic E-state index is 12.9. The van der Waals surface area contributed by atoms with Crippen LogP contribution in [-0.2, 0) is 11.2 Å². The molecule has 1 unspecified atom stereocenters. The molecule has 2 aromatic carbocycles. The van der Waals surface area contributed by atoms with Crippen molar-refractivity contribution in [3.8, 4) is 10.6 Å². The molecule has 7 heteroatoms. The summed E-state index contributed by atoms with van der Waals surface area (Å²) < 4.78 is 0. The van der Waals surface area contributed by atoms with E-state index in [0.717, 1.165) is 27.5 Å². The van der Waals surface area contributed by atoms with E-state index in [0.29, 0.717) is 6.54 Å². The lowest BCUT2D eigenvalue weighted by Crippen LogP contribution is -2.30. The van der Waals surface area contributed by atoms with Crippen LogP contribution in [0.1, 0.15) is 22.7 Å². The standard InChI is InChI=1S/C27H26N4OS2/c1-31(2)21-9-7-18(8-10-21)23(24-15-28-25-6-4-3-5-22(24)25)14-29-26(32)13-20-17-34-27(30-20)19-11-12-33-16-19/h3-12,15-17,23,28H,13-14H2,1-2H3,(H,29,32). The molecular formula is C27H26N4OS2. The molecule has 5 nitrogen and oxygen atoms in total. The Hall–Kier alpha value is -3.42. The highest BCUT2D eigenvalue weighted by Gasteiger charge is 2.20. The van der Waals surface area contributed by atoms with Gasteiger partial charge in [-0.05, 0) is 40.8 Å². The lowest BCUT2D eigenvalue weighted by atomic mass is 9.90. The maximum atomic E-state index is 12.9. The number of carbonyl (C=O) groups is 1. The van der Waals surface area contributed by atoms with Crippen molar-refractivity contribution in [3.05, 3.63) is 93.8 Å². The van der Waals surface area contributed by atoms with E-state index in [-0.39, 0.29) is 18.2 Å². The van der Waals surface area contributed by atoms with Crippen LogP contribution >= 0.6 is 22.7 Å². The number of rotatable bonds is 8. The Bertz CT molecular complexity index is 1380. The molecule has 0 aliphatic heterocycles. The Balaban J connectivity index is 1.35. The number of aromatic amines is 1. The Morgan fingerprint density at radius 1 is 1.09 bits per heavy atom. The van der Waals surface area contributed by atoms with Crippen molar-refractivity contribution in [2.75, 3.05) is 25.5 Å². The number of thiazole rings is 1. The molecule has 0 fully saturated rings. The number of para-hydroxylation sites is 1. The summed E-state index contributed by atoms with van der Waals surface area (Å²) >= 11 is 3.23. The van der Waals surface area contributed by atoms with E-state index in [4.69, 9.17) is 0 Å². The van der Waals surface area contributed by atoms with Gasteiger partial charge in [0.1, 0.15) is 5.01 Å². The molecule has 0 bridgehead atoms. The average molecular weight is 487 g/mol. The van der Waals surface area contributed by atoms with Crippen LogP contribution in [0.3, 0.4) is 0 Å². The fourth-order valence-corrected chi connectivity index (χ4v) is 5.68. The first kappa shape index (κ1) is 22.4. The zero-order chi connectivity index (χ0) is 23.5. The quantitative estimate of drug-likeness (QED) is 0.287. The van der Waals surface area contributed by atoms with Gasteiger partial charge in [-0.2, -0.15) is 11.3 Å². The van der Waals surface area contributed by atoms with Gasteiger partial charge in [-0.15, -0.1) is 11.3 Å². The van der Waals surface area contributed by atoms with Gasteiger partial charge in [0.25, 0.3) is 0 Å². The SMILES string of the molecule is CN(C)c1ccc(C(CNC(=O)Cc2csc(-c3ccsc3)n2)c2c[nH]c3ccccc23)cc1. The molecule has 0 saturated carbocycles. The number of nitrogens with one attached hydrogen (secondary N) is 2. The van der Waals surface area contributed by atoms with E-state index in [1.807, 2.05) is 30.9 Å². The normalized spacial score (nSPS) is 12.1. The van der Waals surface area contributed by atoms with Crippen molar-refractivity contribution in [1.29, 1.82) is 0 Å². The third kappa shape index (κ3) is 4.76. The fraction of sp³-hybridized carbons (Fsp3) is 0.185. The predicted octanol–water partition coefficient (Wildman–Crippen LogP) is 5.91. The molecule has 172 valence electrons. The van der Waals surface area contributed by atoms with E-state index in [2.05, 4.69) is 80.3 Å². The summed E-state index contributed by atoms with van der Waals surface area (Å²) in [6, 6.07) is 18.9. The molecule has 0 aliphatic rings. The molecular weight excluding hydrogens is 460 g/mol. The van der Waals surface area contributed by atoms with Gasteiger partial charge in [-0.1, -0.05) is 30.3 Å². The van der Waals surface area contributed by atoms with Crippen LogP contribution in [-0.4, -0.2) is 36.5 Å². The van der Waals surface area contributed by atoms with Crippen molar-refractivity contribution in [2.24, 2.45) is 0 Å². The van der Waals surface area contributed by atoms with Crippen molar-refractivity contribution in [3.63, 3.8) is 0 Å². The number of H-pyrrole nitrogens is 1. The summed E-state index contributed by atoms with van der Waals surface area (Å²) in [7, 11) is 4.07. The van der Waals surface area contributed by atoms with Gasteiger partial charge in [0, 0.05) is 65.7 Å². The minimum absolute atomic E-state index is 0.0167. The number of benzene rings is 2. The summed E-state index contributed by atoms with van der Waals surface area (Å²) in [5.41, 5.74) is 6.52. The van der Waals surface area contributed by atoms with Gasteiger partial charge >= 0.3 is 0 Å². The first-order chi connectivity index (χ1) is 16.6. The number of anilines is 1. The summed E-state index contributed by atoms with van der Waals surface area (Å²) in [4.78, 5) is 23.0. The zero-order valence-electron chi connectivity index (χ0n) is 19.1. The van der Waals surface area contributed by atoms with Crippen molar-refractivity contribution in [1.82, 2.24) is 15.3 Å². The Morgan fingerprint density at radius 3 is 2.68 bits per heavy atom. The molecule has 0 radical (unpaired) electrons. The molecule has 1 atom stereocenters. The van der Waals surface area contributed by atoms with Crippen molar-refractivity contribution < 1.29 is 4.79 Å². The number of thiophene rings is 1. The van der Waals surface area contributed by atoms with Crippen LogP contribution in [0.4, 0.5) is 5.69 Å². The predicted molar refractivity (Wildman–Crippen MR) is 143 cm³/mol. The van der Waals surface area contributed by atoms with Crippen LogP contribution in [0.2, 0.25) is 0 Å². The van der Waals surface area contributed by atoms with Crippen LogP contribution < -0.4 is 10.2 Å². The van der Waals surface area contributed by atoms with Gasteiger partial charge in [-0.3, -0.25) is 4.79 Å². The smallest absolute Gasteiger partial charge is 0.226 e. The fourth-order valence-electron chi connectivity index (χ4n) is 4.14. The molecule has 3 heterocycles. The number of aromatic nitrogens is 2. The van der Waals surface area contributed by atoms with Crippen molar-refractivity contribution >= 4 is 45.2 Å². The molecule has 3 aromatic heterocycles. The van der Waals surface area contributed by atoms with Crippen LogP contribution in [0.5, 0.6) is 0 Å². The van der Waals surface area contributed by atoms with Crippen LogP contribution in [0.25, 0.3) is 21.5 Å². The average Bonchev–Trinajstić information content (AvgIpc) is 3.61. The molecule has 0 spiro atoms. The van der Waals surface area contributed by atoms with Gasteiger partial charge in [0.15, 0.2) is 0 Å². The van der Waals surface area contributed by atoms with Gasteiger partial charge in [0.2, 0.25) is 5.91 Å². The number of carbonyl (C=O) groups excluding carboxylic acids is 1. The van der Waals surface area contributed by atoms with E-state index in [1.165, 1.54) is 16.5 Å². The minimum Gasteiger partial charge on any atom is -0.378 e. The highest BCUT2D eigenvalue weighted by Crippen LogP contribution is 2.31. The number of nitrogens with zero attached hydrogens (tertiary/aromatic N) is 2. The Morgan fingerprint density at radius 2 is 1.91 bits per heavy atom. The monoisotopic (exact) mass is 486 g/mol. The van der Waals surface area contributed by atoms with Gasteiger partial charge in [0.05, 0.1) is 12.1 Å². The lowest BCUT2D eigenvalue weighted by molar-refractivity contribution is -0.120. The van der Waals surface area contributed by atoms with Crippen LogP contribution in [0.15, 0.2) is 76.9 Å². The zero-order valence-corrected chi connectivity index (χ0v) is 20.7. The third-order valence-electron chi connectivity index (χ3n) is 5.97. The highest BCUT2D eigenvalue weighted by atomic mass is 32.1. The van der Waals surface area contributed by atoms with E-state index in [9.17, 15) is 4.79 Å². The number of hydrogen-bond donors (Lipinski definition) is 2. The lowest BCUT2D eigenvalue weighted by Gasteiger charge is -2.20. The molecule has 0 aliphatic carbocycles. The first-order valence-electron chi connectivity index (χ1n) is 11.2. The van der Waals surface area contributed by atoms with Gasteiger partial charge in [-0.25, -0.2) is 4.98 Å². The molecule has 0 saturated heterocycles. The van der Waals surface area contributed by atoms with Gasteiger partial charge < -0.3 is 15.2 Å². The molecule has 1 amide bonds. The summed E-state index contributed by atoms with van der Waals surface area (Å²) in [6.07, 6.45) is 2.34. The number of fused-ring (bicyclic) bond motifs is 1. The summed E-state index contributed by atoms with van der Waals surface area (Å²) in [5.74, 6) is 0.0186. The number of hydrogen-bond acceptors (Lipinski definition) is 5. The highest BCUT2D eigenvalue weighted by molar-refractivity contribution is 7.14. The van der Waals surface area contributed by atoms with Crippen molar-refractivity contribution in [2.45, 2.75) is 12.3 Å². The molecule has 5 aromatic rings. The topological polar surface area (TPSA) is 61.0 Å². The maximum Gasteiger partial charge on any atom is 0.226 e. The first-order valence-corrected chi connectivity index (χ1v) is 13.0. The molecule has 5 rings (SSSR count). The van der Waals surface area contributed by atoms with E-state index < -0.39 is 0 Å². The molecule has 2 N–H and O–H groups in total.